The lowest BCUT2D eigenvalue weighted by molar-refractivity contribution is 0.615. The van der Waals surface area contributed by atoms with Crippen LogP contribution in [-0.4, -0.2) is 5.75 Å². The lowest BCUT2D eigenvalue weighted by Crippen LogP contribution is -2.29. The van der Waals surface area contributed by atoms with Gasteiger partial charge in [0.15, 0.2) is 0 Å². The zero-order chi connectivity index (χ0) is 14.7. The first-order valence-corrected chi connectivity index (χ1v) is 9.24. The fraction of sp³-hybridized carbons (Fsp3) is 0.125. The van der Waals surface area contributed by atoms with E-state index in [9.17, 15) is 0 Å². The van der Waals surface area contributed by atoms with Gasteiger partial charge in [-0.1, -0.05) is 34.1 Å². The lowest BCUT2D eigenvalue weighted by Gasteiger charge is -2.17. The maximum atomic E-state index is 5.79. The van der Waals surface area contributed by atoms with Crippen molar-refractivity contribution < 1.29 is 0 Å². The number of rotatable bonds is 5. The Bertz CT molecular complexity index is 724. The number of hydrogen-bond acceptors (Lipinski definition) is 4. The first-order valence-electron chi connectivity index (χ1n) is 6.58. The van der Waals surface area contributed by atoms with Crippen molar-refractivity contribution in [2.45, 2.75) is 10.9 Å². The van der Waals surface area contributed by atoms with Crippen molar-refractivity contribution in [1.29, 1.82) is 0 Å². The van der Waals surface area contributed by atoms with Crippen LogP contribution in [-0.2, 0) is 0 Å². The molecule has 108 valence electrons. The number of benzene rings is 2. The van der Waals surface area contributed by atoms with E-state index in [1.165, 1.54) is 20.5 Å². The third-order valence-corrected chi connectivity index (χ3v) is 5.93. The quantitative estimate of drug-likeness (QED) is 0.374. The van der Waals surface area contributed by atoms with Crippen LogP contribution in [0, 0.1) is 0 Å². The SMILES string of the molecule is NNC(CSc1ccc(Br)cc1)c1cccc2ccsc12. The zero-order valence-corrected chi connectivity index (χ0v) is 14.5. The van der Waals surface area contributed by atoms with Crippen molar-refractivity contribution in [1.82, 2.24) is 5.43 Å². The number of nitrogens with two attached hydrogens (primary N) is 1. The predicted molar refractivity (Wildman–Crippen MR) is 96.8 cm³/mol. The summed E-state index contributed by atoms with van der Waals surface area (Å²) >= 11 is 7.04. The number of nitrogens with one attached hydrogen (secondary N) is 1. The molecule has 2 nitrogen and oxygen atoms in total. The van der Waals surface area contributed by atoms with E-state index in [1.807, 2.05) is 11.8 Å². The Kier molecular flexibility index (Phi) is 4.98. The van der Waals surface area contributed by atoms with Crippen LogP contribution in [0.3, 0.4) is 0 Å². The highest BCUT2D eigenvalue weighted by Gasteiger charge is 2.14. The fourth-order valence-corrected chi connectivity index (χ4v) is 4.43. The Labute approximate surface area is 140 Å². The molecule has 3 rings (SSSR count). The largest absolute Gasteiger partial charge is 0.271 e. The average molecular weight is 379 g/mol. The van der Waals surface area contributed by atoms with Crippen molar-refractivity contribution in [2.24, 2.45) is 5.84 Å². The normalized spacial score (nSPS) is 12.7. The molecule has 3 N–H and O–H groups in total. The van der Waals surface area contributed by atoms with Gasteiger partial charge in [0.2, 0.25) is 0 Å². The van der Waals surface area contributed by atoms with Crippen molar-refractivity contribution in [3.05, 3.63) is 63.9 Å². The number of hydrogen-bond donors (Lipinski definition) is 2. The van der Waals surface area contributed by atoms with Crippen LogP contribution in [0.2, 0.25) is 0 Å². The minimum absolute atomic E-state index is 0.140. The molecule has 2 aromatic carbocycles. The Hall–Kier alpha value is -0.850. The molecule has 1 aromatic heterocycles. The number of hydrazine groups is 1. The van der Waals surface area contributed by atoms with E-state index in [4.69, 9.17) is 5.84 Å². The molecular weight excluding hydrogens is 364 g/mol. The lowest BCUT2D eigenvalue weighted by atomic mass is 10.1. The van der Waals surface area contributed by atoms with Gasteiger partial charge in [0, 0.05) is 19.8 Å². The summed E-state index contributed by atoms with van der Waals surface area (Å²) in [6.07, 6.45) is 0. The molecule has 0 aliphatic carbocycles. The highest BCUT2D eigenvalue weighted by molar-refractivity contribution is 9.10. The molecule has 1 unspecified atom stereocenters. The van der Waals surface area contributed by atoms with Crippen LogP contribution < -0.4 is 11.3 Å². The molecule has 0 bridgehead atoms. The molecule has 0 aliphatic rings. The van der Waals surface area contributed by atoms with E-state index in [0.29, 0.717) is 0 Å². The molecule has 3 aromatic rings. The summed E-state index contributed by atoms with van der Waals surface area (Å²) in [5.74, 6) is 6.68. The molecule has 0 amide bonds. The highest BCUT2D eigenvalue weighted by Crippen LogP contribution is 2.32. The molecule has 0 saturated carbocycles. The summed E-state index contributed by atoms with van der Waals surface area (Å²) < 4.78 is 2.42. The van der Waals surface area contributed by atoms with Gasteiger partial charge in [-0.3, -0.25) is 11.3 Å². The maximum absolute atomic E-state index is 5.79. The van der Waals surface area contributed by atoms with E-state index in [2.05, 4.69) is 75.3 Å². The molecule has 0 spiro atoms. The molecule has 1 atom stereocenters. The summed E-state index contributed by atoms with van der Waals surface area (Å²) in [6.45, 7) is 0. The van der Waals surface area contributed by atoms with Crippen LogP contribution >= 0.6 is 39.0 Å². The molecule has 21 heavy (non-hydrogen) atoms. The van der Waals surface area contributed by atoms with E-state index in [0.717, 1.165) is 10.2 Å². The van der Waals surface area contributed by atoms with Crippen molar-refractivity contribution in [2.75, 3.05) is 5.75 Å². The maximum Gasteiger partial charge on any atom is 0.0568 e. The molecule has 5 heteroatoms. The molecular formula is C16H15BrN2S2. The second kappa shape index (κ2) is 6.94. The second-order valence-electron chi connectivity index (χ2n) is 4.67. The van der Waals surface area contributed by atoms with Gasteiger partial charge < -0.3 is 0 Å². The fourth-order valence-electron chi connectivity index (χ4n) is 2.23. The van der Waals surface area contributed by atoms with Crippen LogP contribution in [0.25, 0.3) is 10.1 Å². The number of halogens is 1. The summed E-state index contributed by atoms with van der Waals surface area (Å²) in [6, 6.07) is 17.1. The third-order valence-electron chi connectivity index (χ3n) is 3.32. The smallest absolute Gasteiger partial charge is 0.0568 e. The standard InChI is InChI=1S/C16H15BrN2S2/c17-12-4-6-13(7-5-12)21-10-15(19-18)14-3-1-2-11-8-9-20-16(11)14/h1-9,15,19H,10,18H2. The minimum atomic E-state index is 0.140. The van der Waals surface area contributed by atoms with Gasteiger partial charge in [0.1, 0.15) is 0 Å². The zero-order valence-electron chi connectivity index (χ0n) is 11.3. The van der Waals surface area contributed by atoms with Gasteiger partial charge in [-0.2, -0.15) is 0 Å². The van der Waals surface area contributed by atoms with Gasteiger partial charge in [-0.05, 0) is 46.7 Å². The topological polar surface area (TPSA) is 38.0 Å². The number of fused-ring (bicyclic) bond motifs is 1. The number of thioether (sulfide) groups is 1. The Morgan fingerprint density at radius 2 is 1.95 bits per heavy atom. The van der Waals surface area contributed by atoms with Crippen LogP contribution in [0.1, 0.15) is 11.6 Å². The number of thiophene rings is 1. The summed E-state index contributed by atoms with van der Waals surface area (Å²) in [4.78, 5) is 1.25. The van der Waals surface area contributed by atoms with Gasteiger partial charge in [-0.25, -0.2) is 0 Å². The first kappa shape index (κ1) is 15.1. The van der Waals surface area contributed by atoms with E-state index >= 15 is 0 Å². The predicted octanol–water partition coefficient (Wildman–Crippen LogP) is 4.96. The van der Waals surface area contributed by atoms with Gasteiger partial charge in [-0.15, -0.1) is 23.1 Å². The Balaban J connectivity index is 1.79. The van der Waals surface area contributed by atoms with E-state index in [-0.39, 0.29) is 6.04 Å². The van der Waals surface area contributed by atoms with Crippen molar-refractivity contribution in [3.8, 4) is 0 Å². The van der Waals surface area contributed by atoms with Gasteiger partial charge in [0.05, 0.1) is 6.04 Å². The summed E-state index contributed by atoms with van der Waals surface area (Å²) in [7, 11) is 0. The Morgan fingerprint density at radius 3 is 2.71 bits per heavy atom. The Morgan fingerprint density at radius 1 is 1.14 bits per heavy atom. The molecule has 0 saturated heterocycles. The molecule has 0 aliphatic heterocycles. The monoisotopic (exact) mass is 378 g/mol. The van der Waals surface area contributed by atoms with Crippen LogP contribution in [0.4, 0.5) is 0 Å². The summed E-state index contributed by atoms with van der Waals surface area (Å²) in [5.41, 5.74) is 4.23. The molecule has 1 heterocycles. The van der Waals surface area contributed by atoms with Crippen LogP contribution in [0.15, 0.2) is 63.3 Å². The van der Waals surface area contributed by atoms with Gasteiger partial charge >= 0.3 is 0 Å². The van der Waals surface area contributed by atoms with Crippen molar-refractivity contribution in [3.63, 3.8) is 0 Å². The highest BCUT2D eigenvalue weighted by atomic mass is 79.9. The van der Waals surface area contributed by atoms with Crippen LogP contribution in [0.5, 0.6) is 0 Å². The third kappa shape index (κ3) is 3.49. The van der Waals surface area contributed by atoms with E-state index < -0.39 is 0 Å². The average Bonchev–Trinajstić information content (AvgIpc) is 2.99. The minimum Gasteiger partial charge on any atom is -0.271 e. The first-order chi connectivity index (χ1) is 10.3. The van der Waals surface area contributed by atoms with Crippen molar-refractivity contribution >= 4 is 49.1 Å². The second-order valence-corrected chi connectivity index (χ2v) is 7.60. The summed E-state index contributed by atoms with van der Waals surface area (Å²) in [5, 5.41) is 3.41. The van der Waals surface area contributed by atoms with E-state index in [1.54, 1.807) is 11.3 Å². The van der Waals surface area contributed by atoms with Gasteiger partial charge in [0.25, 0.3) is 0 Å². The molecule has 0 fully saturated rings. The molecule has 0 radical (unpaired) electrons.